The lowest BCUT2D eigenvalue weighted by Gasteiger charge is -2.27. The van der Waals surface area contributed by atoms with E-state index in [0.29, 0.717) is 29.5 Å². The van der Waals surface area contributed by atoms with Crippen LogP contribution in [0.1, 0.15) is 22.3 Å². The summed E-state index contributed by atoms with van der Waals surface area (Å²) < 4.78 is 46.2. The fraction of sp³-hybridized carbons (Fsp3) is 0.281. The number of ether oxygens (including phenoxy) is 2. The molecule has 3 aromatic carbocycles. The summed E-state index contributed by atoms with van der Waals surface area (Å²) in [7, 11) is 1.62. The number of nitrogens with one attached hydrogen (secondary N) is 2. The Morgan fingerprint density at radius 1 is 1.04 bits per heavy atom. The minimum Gasteiger partial charge on any atom is -0.497 e. The molecule has 11 nitrogen and oxygen atoms in total. The van der Waals surface area contributed by atoms with Crippen LogP contribution in [0.2, 0.25) is 0 Å². The average molecular weight is 669 g/mol. The summed E-state index contributed by atoms with van der Waals surface area (Å²) in [6.07, 6.45) is -1.93. The van der Waals surface area contributed by atoms with Gasteiger partial charge in [-0.1, -0.05) is 36.0 Å². The summed E-state index contributed by atoms with van der Waals surface area (Å²) in [6.45, 7) is 6.78. The zero-order valence-electron chi connectivity index (χ0n) is 26.0. The third kappa shape index (κ3) is 11.1. The van der Waals surface area contributed by atoms with Gasteiger partial charge >= 0.3 is 6.36 Å². The minimum absolute atomic E-state index is 0.0338. The molecule has 1 saturated heterocycles. The normalized spacial score (nSPS) is 14.6. The lowest BCUT2D eigenvalue weighted by Crippen LogP contribution is -2.47. The Labute approximate surface area is 274 Å². The molecule has 0 unspecified atom stereocenters. The van der Waals surface area contributed by atoms with Crippen LogP contribution in [-0.2, 0) is 4.79 Å². The number of hydrazone groups is 1. The first-order valence-electron chi connectivity index (χ1n) is 14.5. The maximum absolute atomic E-state index is 12.8. The van der Waals surface area contributed by atoms with Crippen LogP contribution in [0.15, 0.2) is 80.7 Å². The molecule has 15 heteroatoms. The van der Waals surface area contributed by atoms with E-state index >= 15 is 0 Å². The first kappa shape index (κ1) is 35.0. The molecule has 1 fully saturated rings. The van der Waals surface area contributed by atoms with Crippen LogP contribution in [-0.4, -0.2) is 79.8 Å². The van der Waals surface area contributed by atoms with Gasteiger partial charge in [-0.2, -0.15) is 5.10 Å². The molecule has 1 aliphatic heterocycles. The minimum atomic E-state index is -4.76. The molecule has 0 atom stereocenters. The molecule has 1 aliphatic rings. The average Bonchev–Trinajstić information content (AvgIpc) is 3.05. The predicted molar refractivity (Wildman–Crippen MR) is 181 cm³/mol. The maximum Gasteiger partial charge on any atom is 0.573 e. The fourth-order valence-electron chi connectivity index (χ4n) is 4.41. The number of methoxy groups -OCH3 is 1. The number of hydrogen-bond acceptors (Lipinski definition) is 8. The highest BCUT2D eigenvalue weighted by molar-refractivity contribution is 8.14. The SMILES string of the molecule is COc1cc(C)c(N=C(N/N=C/c2ccc(C(N)=NC=Nc3ccc(OC(F)(F)F)cc3)cc2)SCC(=O)N2CCNCC2)c(C)c1. The number of benzene rings is 3. The number of carbonyl (C=O) groups is 1. The molecule has 0 radical (unpaired) electrons. The van der Waals surface area contributed by atoms with Gasteiger partial charge in [0.25, 0.3) is 0 Å². The van der Waals surface area contributed by atoms with Crippen molar-refractivity contribution in [3.63, 3.8) is 0 Å². The van der Waals surface area contributed by atoms with Gasteiger partial charge in [0.1, 0.15) is 23.7 Å². The Hall–Kier alpha value is -4.89. The van der Waals surface area contributed by atoms with Gasteiger partial charge in [-0.15, -0.1) is 13.2 Å². The van der Waals surface area contributed by atoms with E-state index in [2.05, 4.69) is 30.6 Å². The molecule has 1 amide bonds. The van der Waals surface area contributed by atoms with Crippen molar-refractivity contribution in [3.05, 3.63) is 82.9 Å². The monoisotopic (exact) mass is 668 g/mol. The van der Waals surface area contributed by atoms with Crippen molar-refractivity contribution in [1.29, 1.82) is 0 Å². The van der Waals surface area contributed by atoms with E-state index in [4.69, 9.17) is 15.5 Å². The van der Waals surface area contributed by atoms with E-state index in [9.17, 15) is 18.0 Å². The van der Waals surface area contributed by atoms with Gasteiger partial charge in [-0.25, -0.2) is 15.0 Å². The molecule has 4 N–H and O–H groups in total. The first-order chi connectivity index (χ1) is 22.5. The number of piperazine rings is 1. The van der Waals surface area contributed by atoms with Crippen LogP contribution < -0.4 is 25.9 Å². The van der Waals surface area contributed by atoms with Crippen molar-refractivity contribution < 1.29 is 27.4 Å². The van der Waals surface area contributed by atoms with Gasteiger partial charge < -0.3 is 25.4 Å². The Balaban J connectivity index is 1.40. The number of aliphatic imine (C=N–C) groups is 3. The standard InChI is InChI=1S/C32H35F3N8O3S/c1-21-16-27(45-3)17-22(2)29(21)41-31(47-19-28(44)43-14-12-37-13-15-43)42-40-18-23-4-6-24(7-5-23)30(36)39-20-38-25-8-10-26(11-9-25)46-32(33,34)35/h4-11,16-18,20,37H,12-15,19H2,1-3H3,(H,41,42)(H2,36,38,39)/b40-18+. The highest BCUT2D eigenvalue weighted by Gasteiger charge is 2.31. The molecule has 0 saturated carbocycles. The number of thioether (sulfide) groups is 1. The van der Waals surface area contributed by atoms with E-state index < -0.39 is 6.36 Å². The zero-order chi connectivity index (χ0) is 33.8. The summed E-state index contributed by atoms with van der Waals surface area (Å²) in [6, 6.07) is 16.0. The predicted octanol–water partition coefficient (Wildman–Crippen LogP) is 5.05. The van der Waals surface area contributed by atoms with Crippen LogP contribution >= 0.6 is 11.8 Å². The number of halogens is 3. The number of nitrogens with two attached hydrogens (primary N) is 1. The summed E-state index contributed by atoms with van der Waals surface area (Å²) in [5.74, 6) is 0.833. The number of amides is 1. The Kier molecular flexibility index (Phi) is 12.4. The van der Waals surface area contributed by atoms with Gasteiger partial charge in [0.15, 0.2) is 5.17 Å². The molecule has 3 aromatic rings. The number of carbonyl (C=O) groups excluding carboxylic acids is 1. The van der Waals surface area contributed by atoms with E-state index in [0.717, 1.165) is 53.3 Å². The molecular formula is C32H35F3N8O3S. The quantitative estimate of drug-likeness (QED) is 0.156. The Morgan fingerprint density at radius 3 is 2.32 bits per heavy atom. The van der Waals surface area contributed by atoms with Crippen molar-refractivity contribution >= 4 is 52.6 Å². The number of aryl methyl sites for hydroxylation is 2. The smallest absolute Gasteiger partial charge is 0.497 e. The first-order valence-corrected chi connectivity index (χ1v) is 15.5. The fourth-order valence-corrected chi connectivity index (χ4v) is 5.12. The Morgan fingerprint density at radius 2 is 1.70 bits per heavy atom. The van der Waals surface area contributed by atoms with Crippen LogP contribution in [0, 0.1) is 13.8 Å². The van der Waals surface area contributed by atoms with E-state index in [-0.39, 0.29) is 23.2 Å². The third-order valence-electron chi connectivity index (χ3n) is 6.77. The molecule has 1 heterocycles. The lowest BCUT2D eigenvalue weighted by atomic mass is 10.1. The lowest BCUT2D eigenvalue weighted by molar-refractivity contribution is -0.274. The van der Waals surface area contributed by atoms with Crippen LogP contribution in [0.5, 0.6) is 11.5 Å². The molecule has 0 spiro atoms. The summed E-state index contributed by atoms with van der Waals surface area (Å²) in [5, 5.41) is 8.08. The van der Waals surface area contributed by atoms with Crippen molar-refractivity contribution in [2.75, 3.05) is 39.0 Å². The van der Waals surface area contributed by atoms with E-state index in [1.807, 2.05) is 30.9 Å². The molecule has 0 aliphatic carbocycles. The van der Waals surface area contributed by atoms with Gasteiger partial charge in [0.2, 0.25) is 5.91 Å². The Bertz CT molecular complexity index is 1610. The van der Waals surface area contributed by atoms with Crippen molar-refractivity contribution in [1.82, 2.24) is 15.6 Å². The number of nitrogens with zero attached hydrogens (tertiary/aromatic N) is 5. The summed E-state index contributed by atoms with van der Waals surface area (Å²) >= 11 is 1.28. The highest BCUT2D eigenvalue weighted by Crippen LogP contribution is 2.30. The number of hydrogen-bond donors (Lipinski definition) is 3. The largest absolute Gasteiger partial charge is 0.573 e. The second-order valence-corrected chi connectivity index (χ2v) is 11.2. The molecular weight excluding hydrogens is 633 g/mol. The van der Waals surface area contributed by atoms with E-state index in [1.165, 1.54) is 30.2 Å². The van der Waals surface area contributed by atoms with Crippen LogP contribution in [0.25, 0.3) is 0 Å². The molecule has 248 valence electrons. The molecule has 47 heavy (non-hydrogen) atoms. The zero-order valence-corrected chi connectivity index (χ0v) is 26.9. The second kappa shape index (κ2) is 16.6. The van der Waals surface area contributed by atoms with Gasteiger partial charge in [-0.05, 0) is 66.9 Å². The topological polar surface area (TPSA) is 138 Å². The molecule has 0 aromatic heterocycles. The van der Waals surface area contributed by atoms with Crippen LogP contribution in [0.4, 0.5) is 24.5 Å². The van der Waals surface area contributed by atoms with Gasteiger partial charge in [0.05, 0.1) is 30.5 Å². The van der Waals surface area contributed by atoms with Gasteiger partial charge in [-0.3, -0.25) is 10.2 Å². The molecule has 4 rings (SSSR count). The van der Waals surface area contributed by atoms with Crippen LogP contribution in [0.3, 0.4) is 0 Å². The third-order valence-corrected chi connectivity index (χ3v) is 7.62. The second-order valence-electron chi connectivity index (χ2n) is 10.2. The summed E-state index contributed by atoms with van der Waals surface area (Å²) in [4.78, 5) is 27.7. The number of amidine groups is 2. The van der Waals surface area contributed by atoms with Gasteiger partial charge in [0, 0.05) is 31.7 Å². The van der Waals surface area contributed by atoms with Crippen molar-refractivity contribution in [2.45, 2.75) is 20.2 Å². The highest BCUT2D eigenvalue weighted by atomic mass is 32.2. The maximum atomic E-state index is 12.8. The van der Waals surface area contributed by atoms with E-state index in [1.54, 1.807) is 37.6 Å². The van der Waals surface area contributed by atoms with Crippen molar-refractivity contribution in [3.8, 4) is 11.5 Å². The molecule has 0 bridgehead atoms. The number of rotatable bonds is 10. The number of alkyl halides is 3. The van der Waals surface area contributed by atoms with Crippen molar-refractivity contribution in [2.24, 2.45) is 25.8 Å². The summed E-state index contributed by atoms with van der Waals surface area (Å²) in [5.41, 5.74) is 13.5.